The minimum Gasteiger partial charge on any atom is -0.368 e. The van der Waals surface area contributed by atoms with Crippen LogP contribution in [0.2, 0.25) is 10.0 Å². The molecule has 3 rings (SSSR count). The summed E-state index contributed by atoms with van der Waals surface area (Å²) in [7, 11) is -3.79. The molecule has 1 aliphatic heterocycles. The maximum absolute atomic E-state index is 13.1. The van der Waals surface area contributed by atoms with Gasteiger partial charge in [0.15, 0.2) is 9.84 Å². The van der Waals surface area contributed by atoms with Crippen LogP contribution in [0.25, 0.3) is 0 Å². The van der Waals surface area contributed by atoms with Gasteiger partial charge in [0.25, 0.3) is 0 Å². The van der Waals surface area contributed by atoms with E-state index < -0.39 is 34.3 Å². The number of carbonyl (C=O) groups is 1. The zero-order chi connectivity index (χ0) is 27.1. The molecule has 0 radical (unpaired) electrons. The number of nitrogens with one attached hydrogen (secondary N) is 2. The average molecular weight is 579 g/mol. The van der Waals surface area contributed by atoms with Crippen molar-refractivity contribution in [2.24, 2.45) is 4.99 Å². The highest BCUT2D eigenvalue weighted by Crippen LogP contribution is 2.29. The van der Waals surface area contributed by atoms with Crippen molar-refractivity contribution in [2.75, 3.05) is 38.6 Å². The highest BCUT2D eigenvalue weighted by atomic mass is 35.5. The summed E-state index contributed by atoms with van der Waals surface area (Å²) in [5, 5.41) is 5.88. The molecule has 1 amide bonds. The second kappa shape index (κ2) is 12.9. The van der Waals surface area contributed by atoms with Crippen LogP contribution < -0.4 is 10.6 Å². The Balaban J connectivity index is 1.49. The van der Waals surface area contributed by atoms with E-state index in [9.17, 15) is 26.4 Å². The molecule has 1 heterocycles. The summed E-state index contributed by atoms with van der Waals surface area (Å²) < 4.78 is 64.2. The van der Waals surface area contributed by atoms with Gasteiger partial charge in [-0.05, 0) is 37.1 Å². The van der Waals surface area contributed by atoms with Crippen molar-refractivity contribution >= 4 is 44.8 Å². The summed E-state index contributed by atoms with van der Waals surface area (Å²) in [5.74, 6) is -0.315. The Morgan fingerprint density at radius 3 is 2.51 bits per heavy atom. The number of amidine groups is 1. The first-order chi connectivity index (χ1) is 17.5. The highest BCUT2D eigenvalue weighted by molar-refractivity contribution is 7.91. The van der Waals surface area contributed by atoms with Gasteiger partial charge in [-0.1, -0.05) is 53.5 Å². The summed E-state index contributed by atoms with van der Waals surface area (Å²) in [5.41, 5.74) is 1.70. The van der Waals surface area contributed by atoms with E-state index >= 15 is 0 Å². The molecule has 2 aromatic rings. The van der Waals surface area contributed by atoms with Gasteiger partial charge in [-0.3, -0.25) is 9.79 Å². The molecule has 0 saturated heterocycles. The number of aliphatic imine (C=N–C) groups is 1. The minimum atomic E-state index is -4.53. The van der Waals surface area contributed by atoms with Crippen molar-refractivity contribution in [2.45, 2.75) is 30.3 Å². The van der Waals surface area contributed by atoms with E-state index in [1.54, 1.807) is 0 Å². The van der Waals surface area contributed by atoms with Crippen molar-refractivity contribution in [3.05, 3.63) is 63.6 Å². The monoisotopic (exact) mass is 578 g/mol. The molecule has 0 aromatic heterocycles. The van der Waals surface area contributed by atoms with Gasteiger partial charge in [0, 0.05) is 25.1 Å². The number of hydrogen-bond donors (Lipinski definition) is 2. The zero-order valence-electron chi connectivity index (χ0n) is 19.8. The predicted octanol–water partition coefficient (Wildman–Crippen LogP) is 4.08. The Labute approximate surface area is 224 Å². The summed E-state index contributed by atoms with van der Waals surface area (Å²) >= 11 is 11.8. The Bertz CT molecular complexity index is 1220. The summed E-state index contributed by atoms with van der Waals surface area (Å²) in [6.45, 7) is 0.147. The Kier molecular flexibility index (Phi) is 10.2. The van der Waals surface area contributed by atoms with Crippen molar-refractivity contribution in [3.8, 4) is 0 Å². The summed E-state index contributed by atoms with van der Waals surface area (Å²) in [4.78, 5) is 17.6. The van der Waals surface area contributed by atoms with Gasteiger partial charge >= 0.3 is 6.18 Å². The largest absolute Gasteiger partial charge is 0.406 e. The second-order valence-corrected chi connectivity index (χ2v) is 11.2. The third kappa shape index (κ3) is 8.87. The number of amides is 1. The van der Waals surface area contributed by atoms with E-state index in [2.05, 4.69) is 15.6 Å². The van der Waals surface area contributed by atoms with Crippen LogP contribution in [0.5, 0.6) is 0 Å². The molecular weight excluding hydrogens is 552 g/mol. The number of nitrogens with zero attached hydrogens (tertiary/aromatic N) is 2. The maximum Gasteiger partial charge on any atom is 0.406 e. The molecule has 7 nitrogen and oxygen atoms in total. The molecule has 2 aromatic carbocycles. The second-order valence-electron chi connectivity index (χ2n) is 8.45. The standard InChI is InChI=1S/C24H27Cl2F3N4O3S/c25-19-3-1-4-20(22(19)26)37(35,36)16-30-11-2-5-21(34)33(15-24(27,28)29)14-10-17-6-8-18(9-7-17)23-31-12-13-32-23/h1,3-4,6-9,30H,2,5,10-16H2,(H,31,32). The number of halogens is 5. The van der Waals surface area contributed by atoms with Gasteiger partial charge in [-0.25, -0.2) is 8.42 Å². The van der Waals surface area contributed by atoms with E-state index in [0.29, 0.717) is 6.54 Å². The third-order valence-electron chi connectivity index (χ3n) is 5.58. The number of sulfone groups is 1. The fraction of sp³-hybridized carbons (Fsp3) is 0.417. The molecule has 2 N–H and O–H groups in total. The molecule has 0 unspecified atom stereocenters. The molecule has 1 aliphatic rings. The van der Waals surface area contributed by atoms with Crippen molar-refractivity contribution in [1.82, 2.24) is 15.5 Å². The Hall–Kier alpha value is -2.34. The van der Waals surface area contributed by atoms with Crippen LogP contribution in [-0.4, -0.2) is 69.8 Å². The van der Waals surface area contributed by atoms with E-state index in [-0.39, 0.29) is 47.3 Å². The highest BCUT2D eigenvalue weighted by Gasteiger charge is 2.32. The van der Waals surface area contributed by atoms with E-state index in [0.717, 1.165) is 28.4 Å². The predicted molar refractivity (Wildman–Crippen MR) is 138 cm³/mol. The smallest absolute Gasteiger partial charge is 0.368 e. The first-order valence-electron chi connectivity index (χ1n) is 11.6. The molecule has 13 heteroatoms. The van der Waals surface area contributed by atoms with Gasteiger partial charge in [0.2, 0.25) is 5.91 Å². The van der Waals surface area contributed by atoms with Gasteiger partial charge in [0.05, 0.1) is 21.5 Å². The molecule has 37 heavy (non-hydrogen) atoms. The quantitative estimate of drug-likeness (QED) is 0.370. The fourth-order valence-corrected chi connectivity index (χ4v) is 5.67. The first kappa shape index (κ1) is 29.2. The topological polar surface area (TPSA) is 90.9 Å². The van der Waals surface area contributed by atoms with Gasteiger partial charge in [-0.2, -0.15) is 13.2 Å². The lowest BCUT2D eigenvalue weighted by Crippen LogP contribution is -2.40. The van der Waals surface area contributed by atoms with Crippen molar-refractivity contribution in [3.63, 3.8) is 0 Å². The molecule has 0 atom stereocenters. The van der Waals surface area contributed by atoms with Gasteiger partial charge in [0.1, 0.15) is 18.3 Å². The average Bonchev–Trinajstić information content (AvgIpc) is 3.37. The molecule has 202 valence electrons. The van der Waals surface area contributed by atoms with Crippen LogP contribution in [-0.2, 0) is 21.1 Å². The van der Waals surface area contributed by atoms with Gasteiger partial charge in [-0.15, -0.1) is 0 Å². The number of rotatable bonds is 12. The van der Waals surface area contributed by atoms with E-state index in [4.69, 9.17) is 23.2 Å². The molecule has 0 aliphatic carbocycles. The lowest BCUT2D eigenvalue weighted by Gasteiger charge is -2.24. The minimum absolute atomic E-state index is 0.0810. The Morgan fingerprint density at radius 2 is 1.86 bits per heavy atom. The van der Waals surface area contributed by atoms with Crippen LogP contribution in [0.3, 0.4) is 0 Å². The SMILES string of the molecule is O=C(CCCNCS(=O)(=O)c1cccc(Cl)c1Cl)N(CCc1ccc(C2=NCCN2)cc1)CC(F)(F)F. The number of carbonyl (C=O) groups excluding carboxylic acids is 1. The summed E-state index contributed by atoms with van der Waals surface area (Å²) in [6.07, 6.45) is -4.27. The van der Waals surface area contributed by atoms with E-state index in [1.807, 2.05) is 24.3 Å². The molecule has 0 fully saturated rings. The zero-order valence-corrected chi connectivity index (χ0v) is 22.2. The maximum atomic E-state index is 13.1. The fourth-order valence-electron chi connectivity index (χ4n) is 3.72. The summed E-state index contributed by atoms with van der Waals surface area (Å²) in [6, 6.07) is 11.6. The van der Waals surface area contributed by atoms with Crippen LogP contribution in [0.4, 0.5) is 13.2 Å². The van der Waals surface area contributed by atoms with Crippen LogP contribution in [0, 0.1) is 0 Å². The molecule has 0 bridgehead atoms. The molecular formula is C24H27Cl2F3N4O3S. The normalized spacial score (nSPS) is 13.8. The van der Waals surface area contributed by atoms with Gasteiger partial charge < -0.3 is 15.5 Å². The number of alkyl halides is 3. The lowest BCUT2D eigenvalue weighted by molar-refractivity contribution is -0.161. The molecule has 0 spiro atoms. The van der Waals surface area contributed by atoms with Crippen molar-refractivity contribution in [1.29, 1.82) is 0 Å². The van der Waals surface area contributed by atoms with Crippen LogP contribution >= 0.6 is 23.2 Å². The van der Waals surface area contributed by atoms with E-state index in [1.165, 1.54) is 18.2 Å². The Morgan fingerprint density at radius 1 is 1.14 bits per heavy atom. The number of hydrogen-bond acceptors (Lipinski definition) is 6. The number of benzene rings is 2. The van der Waals surface area contributed by atoms with Crippen molar-refractivity contribution < 1.29 is 26.4 Å². The molecule has 0 saturated carbocycles. The lowest BCUT2D eigenvalue weighted by atomic mass is 10.1. The van der Waals surface area contributed by atoms with Crippen LogP contribution in [0.15, 0.2) is 52.4 Å². The third-order valence-corrected chi connectivity index (χ3v) is 8.11. The van der Waals surface area contributed by atoms with Crippen LogP contribution in [0.1, 0.15) is 24.0 Å². The first-order valence-corrected chi connectivity index (χ1v) is 14.0.